The van der Waals surface area contributed by atoms with Crippen LogP contribution >= 0.6 is 15.9 Å². The Morgan fingerprint density at radius 1 is 1.21 bits per heavy atom. The van der Waals surface area contributed by atoms with Crippen LogP contribution in [0.15, 0.2) is 40.5 Å². The van der Waals surface area contributed by atoms with E-state index < -0.39 is 0 Å². The van der Waals surface area contributed by atoms with Gasteiger partial charge in [0.15, 0.2) is 0 Å². The van der Waals surface area contributed by atoms with Crippen molar-refractivity contribution in [1.82, 2.24) is 15.1 Å². The molecule has 1 saturated heterocycles. The van der Waals surface area contributed by atoms with Gasteiger partial charge in [-0.25, -0.2) is 0 Å². The number of benzene rings is 1. The number of nitrogens with one attached hydrogen (secondary N) is 1. The second kappa shape index (κ2) is 8.50. The fourth-order valence-electron chi connectivity index (χ4n) is 2.41. The molecule has 0 spiro atoms. The number of hydrogen-bond acceptors (Lipinski definition) is 4. The van der Waals surface area contributed by atoms with Crippen LogP contribution in [-0.2, 0) is 16.1 Å². The van der Waals surface area contributed by atoms with Crippen LogP contribution in [0.1, 0.15) is 12.5 Å². The summed E-state index contributed by atoms with van der Waals surface area (Å²) in [4.78, 5) is 27.0. The van der Waals surface area contributed by atoms with Crippen LogP contribution in [0.25, 0.3) is 0 Å². The average molecular weight is 391 g/mol. The monoisotopic (exact) mass is 390 g/mol. The maximum atomic E-state index is 12.4. The van der Waals surface area contributed by atoms with E-state index in [1.807, 2.05) is 30.3 Å². The van der Waals surface area contributed by atoms with Crippen LogP contribution in [-0.4, -0.2) is 47.8 Å². The molecule has 7 heteroatoms. The molecule has 1 aliphatic rings. The quantitative estimate of drug-likeness (QED) is 0.626. The molecule has 0 radical (unpaired) electrons. The van der Waals surface area contributed by atoms with E-state index >= 15 is 0 Å². The second-order valence-corrected chi connectivity index (χ2v) is 6.39. The molecule has 1 aliphatic heterocycles. The predicted molar refractivity (Wildman–Crippen MR) is 93.5 cm³/mol. The van der Waals surface area contributed by atoms with Gasteiger partial charge in [-0.15, -0.1) is 0 Å². The van der Waals surface area contributed by atoms with Gasteiger partial charge in [0.25, 0.3) is 5.91 Å². The SMILES string of the molecule is CC(=O)N1CCN(C(=O)/C(C#N)=C\NCc2ccc(Br)cc2)CC1. The lowest BCUT2D eigenvalue weighted by atomic mass is 10.2. The number of hydrogen-bond donors (Lipinski definition) is 1. The number of halogens is 1. The molecule has 0 saturated carbocycles. The number of amides is 2. The van der Waals surface area contributed by atoms with Crippen LogP contribution < -0.4 is 5.32 Å². The first-order valence-corrected chi connectivity index (χ1v) is 8.43. The van der Waals surface area contributed by atoms with E-state index in [9.17, 15) is 14.9 Å². The summed E-state index contributed by atoms with van der Waals surface area (Å²) in [6.07, 6.45) is 1.46. The minimum absolute atomic E-state index is 0.00862. The number of nitriles is 1. The van der Waals surface area contributed by atoms with Crippen LogP contribution in [0.3, 0.4) is 0 Å². The lowest BCUT2D eigenvalue weighted by Crippen LogP contribution is -2.50. The minimum atomic E-state index is -0.302. The van der Waals surface area contributed by atoms with Gasteiger partial charge in [-0.1, -0.05) is 28.1 Å². The van der Waals surface area contributed by atoms with Gasteiger partial charge in [0, 0.05) is 50.3 Å². The fraction of sp³-hybridized carbons (Fsp3) is 0.353. The summed E-state index contributed by atoms with van der Waals surface area (Å²) in [5.74, 6) is -0.293. The van der Waals surface area contributed by atoms with Gasteiger partial charge in [0.05, 0.1) is 0 Å². The summed E-state index contributed by atoms with van der Waals surface area (Å²) in [6.45, 7) is 3.96. The Kier molecular flexibility index (Phi) is 6.38. The normalized spacial score (nSPS) is 15.0. The smallest absolute Gasteiger partial charge is 0.266 e. The molecule has 126 valence electrons. The molecule has 6 nitrogen and oxygen atoms in total. The molecule has 2 amide bonds. The Bertz CT molecular complexity index is 671. The number of piperazine rings is 1. The maximum absolute atomic E-state index is 12.4. The van der Waals surface area contributed by atoms with E-state index in [-0.39, 0.29) is 17.4 Å². The first-order chi connectivity index (χ1) is 11.5. The number of nitrogens with zero attached hydrogens (tertiary/aromatic N) is 3. The zero-order valence-corrected chi connectivity index (χ0v) is 15.0. The van der Waals surface area contributed by atoms with Gasteiger partial charge >= 0.3 is 0 Å². The van der Waals surface area contributed by atoms with Crippen molar-refractivity contribution in [3.05, 3.63) is 46.1 Å². The molecule has 2 rings (SSSR count). The van der Waals surface area contributed by atoms with E-state index in [0.29, 0.717) is 32.7 Å². The minimum Gasteiger partial charge on any atom is -0.386 e. The van der Waals surface area contributed by atoms with Crippen molar-refractivity contribution >= 4 is 27.7 Å². The van der Waals surface area contributed by atoms with Gasteiger partial charge in [0.1, 0.15) is 11.6 Å². The Balaban J connectivity index is 1.90. The zero-order chi connectivity index (χ0) is 17.5. The molecule has 0 unspecified atom stereocenters. The van der Waals surface area contributed by atoms with Crippen molar-refractivity contribution in [1.29, 1.82) is 5.26 Å². The summed E-state index contributed by atoms with van der Waals surface area (Å²) in [5.41, 5.74) is 1.12. The highest BCUT2D eigenvalue weighted by Crippen LogP contribution is 2.11. The van der Waals surface area contributed by atoms with E-state index in [1.54, 1.807) is 9.80 Å². The summed E-state index contributed by atoms with van der Waals surface area (Å²) in [6, 6.07) is 9.74. The van der Waals surface area contributed by atoms with Crippen molar-refractivity contribution in [2.75, 3.05) is 26.2 Å². The van der Waals surface area contributed by atoms with E-state index in [2.05, 4.69) is 21.2 Å². The number of carbonyl (C=O) groups excluding carboxylic acids is 2. The van der Waals surface area contributed by atoms with Gasteiger partial charge in [0.2, 0.25) is 5.91 Å². The Morgan fingerprint density at radius 3 is 2.33 bits per heavy atom. The highest BCUT2D eigenvalue weighted by atomic mass is 79.9. The van der Waals surface area contributed by atoms with Gasteiger partial charge in [-0.05, 0) is 17.7 Å². The highest BCUT2D eigenvalue weighted by molar-refractivity contribution is 9.10. The molecule has 0 aliphatic carbocycles. The summed E-state index contributed by atoms with van der Waals surface area (Å²) in [7, 11) is 0. The molecule has 0 atom stereocenters. The van der Waals surface area contributed by atoms with Crippen molar-refractivity contribution in [2.24, 2.45) is 0 Å². The number of rotatable bonds is 4. The van der Waals surface area contributed by atoms with Gasteiger partial charge in [-0.2, -0.15) is 5.26 Å². The summed E-state index contributed by atoms with van der Waals surface area (Å²) >= 11 is 3.37. The average Bonchev–Trinajstić information content (AvgIpc) is 2.60. The largest absolute Gasteiger partial charge is 0.386 e. The number of carbonyl (C=O) groups is 2. The maximum Gasteiger partial charge on any atom is 0.266 e. The van der Waals surface area contributed by atoms with Crippen LogP contribution in [0.2, 0.25) is 0 Å². The first-order valence-electron chi connectivity index (χ1n) is 7.64. The van der Waals surface area contributed by atoms with E-state index in [0.717, 1.165) is 10.0 Å². The van der Waals surface area contributed by atoms with E-state index in [4.69, 9.17) is 0 Å². The molecule has 1 fully saturated rings. The molecule has 24 heavy (non-hydrogen) atoms. The third-order valence-electron chi connectivity index (χ3n) is 3.83. The molecule has 1 N–H and O–H groups in total. The van der Waals surface area contributed by atoms with Gasteiger partial charge in [-0.3, -0.25) is 9.59 Å². The summed E-state index contributed by atoms with van der Waals surface area (Å²) in [5, 5.41) is 12.2. The fourth-order valence-corrected chi connectivity index (χ4v) is 2.67. The van der Waals surface area contributed by atoms with Crippen LogP contribution in [0.5, 0.6) is 0 Å². The lowest BCUT2D eigenvalue weighted by Gasteiger charge is -2.34. The molecule has 0 bridgehead atoms. The Hall–Kier alpha value is -2.33. The van der Waals surface area contributed by atoms with Crippen molar-refractivity contribution in [3.63, 3.8) is 0 Å². The molecular formula is C17H19BrN4O2. The lowest BCUT2D eigenvalue weighted by molar-refractivity contribution is -0.136. The molecule has 1 aromatic rings. The molecule has 1 aromatic carbocycles. The zero-order valence-electron chi connectivity index (χ0n) is 13.5. The van der Waals surface area contributed by atoms with Crippen molar-refractivity contribution < 1.29 is 9.59 Å². The third kappa shape index (κ3) is 4.83. The first kappa shape index (κ1) is 18.0. The van der Waals surface area contributed by atoms with Crippen molar-refractivity contribution in [3.8, 4) is 6.07 Å². The molecule has 1 heterocycles. The molecular weight excluding hydrogens is 372 g/mol. The van der Waals surface area contributed by atoms with Crippen molar-refractivity contribution in [2.45, 2.75) is 13.5 Å². The topological polar surface area (TPSA) is 76.4 Å². The van der Waals surface area contributed by atoms with Crippen LogP contribution in [0, 0.1) is 11.3 Å². The predicted octanol–water partition coefficient (Wildman–Crippen LogP) is 1.64. The van der Waals surface area contributed by atoms with Gasteiger partial charge < -0.3 is 15.1 Å². The Morgan fingerprint density at radius 2 is 1.79 bits per heavy atom. The van der Waals surface area contributed by atoms with Crippen LogP contribution in [0.4, 0.5) is 0 Å². The third-order valence-corrected chi connectivity index (χ3v) is 4.36. The second-order valence-electron chi connectivity index (χ2n) is 5.48. The van der Waals surface area contributed by atoms with E-state index in [1.165, 1.54) is 13.1 Å². The Labute approximate surface area is 149 Å². The highest BCUT2D eigenvalue weighted by Gasteiger charge is 2.24. The summed E-state index contributed by atoms with van der Waals surface area (Å²) < 4.78 is 0.999. The molecule has 0 aromatic heterocycles. The standard InChI is InChI=1S/C17H19BrN4O2/c1-13(23)21-6-8-22(9-7-21)17(24)15(10-19)12-20-11-14-2-4-16(18)5-3-14/h2-5,12,20H,6-9,11H2,1H3/b15-12-.